The van der Waals surface area contributed by atoms with E-state index in [9.17, 15) is 9.59 Å². The molecule has 0 fully saturated rings. The van der Waals surface area contributed by atoms with Gasteiger partial charge in [0.15, 0.2) is 0 Å². The lowest BCUT2D eigenvalue weighted by atomic mass is 10.1. The molecule has 1 amide bonds. The summed E-state index contributed by atoms with van der Waals surface area (Å²) < 4.78 is 4.94. The smallest absolute Gasteiger partial charge is 0.307 e. The number of aryl methyl sites for hydroxylation is 1. The minimum atomic E-state index is -0.271. The van der Waals surface area contributed by atoms with E-state index in [2.05, 4.69) is 12.2 Å². The predicted molar refractivity (Wildman–Crippen MR) is 83.3 cm³/mol. The number of carbonyl (C=O) groups is 2. The first-order valence-corrected chi connectivity index (χ1v) is 7.70. The highest BCUT2D eigenvalue weighted by Gasteiger charge is 2.07. The van der Waals surface area contributed by atoms with Crippen molar-refractivity contribution in [3.8, 4) is 0 Å². The van der Waals surface area contributed by atoms with Crippen molar-refractivity contribution in [1.29, 1.82) is 0 Å². The van der Waals surface area contributed by atoms with Crippen LogP contribution >= 0.6 is 0 Å². The molecule has 1 rings (SSSR count). The molecule has 1 aromatic carbocycles. The van der Waals surface area contributed by atoms with Gasteiger partial charge in [0.25, 0.3) is 5.91 Å². The lowest BCUT2D eigenvalue weighted by molar-refractivity contribution is -0.143. The molecule has 0 aliphatic heterocycles. The summed E-state index contributed by atoms with van der Waals surface area (Å²) in [5.74, 6) is -0.424. The number of amides is 1. The lowest BCUT2D eigenvalue weighted by Gasteiger charge is -2.06. The van der Waals surface area contributed by atoms with Gasteiger partial charge in [0.1, 0.15) is 0 Å². The van der Waals surface area contributed by atoms with E-state index in [0.717, 1.165) is 25.7 Å². The molecule has 116 valence electrons. The van der Waals surface area contributed by atoms with Gasteiger partial charge in [-0.15, -0.1) is 0 Å². The number of nitrogens with one attached hydrogen (secondary N) is 1. The number of benzene rings is 1. The summed E-state index contributed by atoms with van der Waals surface area (Å²) in [6.07, 6.45) is 4.38. The molecule has 0 unspecified atom stereocenters. The van der Waals surface area contributed by atoms with E-state index in [4.69, 9.17) is 4.74 Å². The molecule has 21 heavy (non-hydrogen) atoms. The molecule has 0 saturated carbocycles. The number of hydrogen-bond donors (Lipinski definition) is 1. The van der Waals surface area contributed by atoms with Crippen LogP contribution in [0.2, 0.25) is 0 Å². The van der Waals surface area contributed by atoms with Crippen molar-refractivity contribution >= 4 is 11.9 Å². The Kier molecular flexibility index (Phi) is 8.17. The molecule has 1 aromatic rings. The molecule has 4 nitrogen and oxygen atoms in total. The first-order valence-electron chi connectivity index (χ1n) is 7.70. The molecule has 0 bridgehead atoms. The predicted octanol–water partition coefficient (Wildman–Crippen LogP) is 3.10. The average molecular weight is 291 g/mol. The van der Waals surface area contributed by atoms with E-state index in [-0.39, 0.29) is 18.3 Å². The van der Waals surface area contributed by atoms with E-state index >= 15 is 0 Å². The first kappa shape index (κ1) is 17.2. The standard InChI is InChI=1S/C17H25NO3/c1-3-5-6-14-7-9-15(10-8-14)17(20)18-12-11-16(19)21-13-4-2/h7-10H,3-6,11-13H2,1-2H3,(H,18,20). The Morgan fingerprint density at radius 3 is 2.43 bits per heavy atom. The summed E-state index contributed by atoms with van der Waals surface area (Å²) in [7, 11) is 0. The fourth-order valence-electron chi connectivity index (χ4n) is 1.87. The second-order valence-corrected chi connectivity index (χ2v) is 5.03. The van der Waals surface area contributed by atoms with Gasteiger partial charge in [0.2, 0.25) is 0 Å². The maximum Gasteiger partial charge on any atom is 0.307 e. The highest BCUT2D eigenvalue weighted by Crippen LogP contribution is 2.08. The zero-order valence-electron chi connectivity index (χ0n) is 13.0. The summed E-state index contributed by atoms with van der Waals surface area (Å²) >= 11 is 0. The summed E-state index contributed by atoms with van der Waals surface area (Å²) in [5.41, 5.74) is 1.87. The Bertz CT molecular complexity index is 440. The first-order chi connectivity index (χ1) is 10.2. The van der Waals surface area contributed by atoms with Crippen molar-refractivity contribution < 1.29 is 14.3 Å². The molecule has 0 atom stereocenters. The minimum Gasteiger partial charge on any atom is -0.466 e. The van der Waals surface area contributed by atoms with Crippen LogP contribution in [0.15, 0.2) is 24.3 Å². The maximum absolute atomic E-state index is 11.9. The van der Waals surface area contributed by atoms with Crippen LogP contribution < -0.4 is 5.32 Å². The quantitative estimate of drug-likeness (QED) is 0.711. The SMILES string of the molecule is CCCCc1ccc(C(=O)NCCC(=O)OCCC)cc1. The summed E-state index contributed by atoms with van der Waals surface area (Å²) in [5, 5.41) is 2.73. The Morgan fingerprint density at radius 1 is 1.10 bits per heavy atom. The number of carbonyl (C=O) groups excluding carboxylic acids is 2. The van der Waals surface area contributed by atoms with E-state index in [1.54, 1.807) is 0 Å². The molecule has 0 spiro atoms. The van der Waals surface area contributed by atoms with Crippen molar-refractivity contribution in [3.05, 3.63) is 35.4 Å². The Morgan fingerprint density at radius 2 is 1.81 bits per heavy atom. The number of hydrogen-bond acceptors (Lipinski definition) is 3. The van der Waals surface area contributed by atoms with Crippen LogP contribution in [0.25, 0.3) is 0 Å². The van der Waals surface area contributed by atoms with Crippen LogP contribution in [-0.2, 0) is 16.0 Å². The highest BCUT2D eigenvalue weighted by molar-refractivity contribution is 5.94. The van der Waals surface area contributed by atoms with Gasteiger partial charge >= 0.3 is 5.97 Å². The molecular formula is C17H25NO3. The summed E-state index contributed by atoms with van der Waals surface area (Å²) in [6, 6.07) is 7.63. The van der Waals surface area contributed by atoms with Gasteiger partial charge < -0.3 is 10.1 Å². The van der Waals surface area contributed by atoms with Crippen molar-refractivity contribution in [1.82, 2.24) is 5.32 Å². The monoisotopic (exact) mass is 291 g/mol. The fraction of sp³-hybridized carbons (Fsp3) is 0.529. The largest absolute Gasteiger partial charge is 0.466 e. The number of unbranched alkanes of at least 4 members (excludes halogenated alkanes) is 1. The third-order valence-electron chi connectivity index (χ3n) is 3.12. The van der Waals surface area contributed by atoms with E-state index in [1.165, 1.54) is 5.56 Å². The molecule has 0 aromatic heterocycles. The third-order valence-corrected chi connectivity index (χ3v) is 3.12. The van der Waals surface area contributed by atoms with E-state index in [1.807, 2.05) is 31.2 Å². The minimum absolute atomic E-state index is 0.152. The molecule has 1 N–H and O–H groups in total. The van der Waals surface area contributed by atoms with Gasteiger partial charge in [0.05, 0.1) is 13.0 Å². The molecule has 0 radical (unpaired) electrons. The number of esters is 1. The van der Waals surface area contributed by atoms with Gasteiger partial charge in [-0.05, 0) is 37.0 Å². The fourth-order valence-corrected chi connectivity index (χ4v) is 1.87. The number of ether oxygens (including phenoxy) is 1. The van der Waals surface area contributed by atoms with Crippen molar-refractivity contribution in [2.24, 2.45) is 0 Å². The number of rotatable bonds is 9. The van der Waals surface area contributed by atoms with Crippen LogP contribution in [0.1, 0.15) is 55.5 Å². The Balaban J connectivity index is 2.33. The highest BCUT2D eigenvalue weighted by atomic mass is 16.5. The maximum atomic E-state index is 11.9. The van der Waals surface area contributed by atoms with Crippen LogP contribution in [0, 0.1) is 0 Å². The Hall–Kier alpha value is -1.84. The topological polar surface area (TPSA) is 55.4 Å². The molecular weight excluding hydrogens is 266 g/mol. The zero-order chi connectivity index (χ0) is 15.5. The summed E-state index contributed by atoms with van der Waals surface area (Å²) in [6.45, 7) is 4.84. The third kappa shape index (κ3) is 6.93. The van der Waals surface area contributed by atoms with Crippen molar-refractivity contribution in [3.63, 3.8) is 0 Å². The molecule has 0 heterocycles. The van der Waals surface area contributed by atoms with Crippen LogP contribution in [0.3, 0.4) is 0 Å². The van der Waals surface area contributed by atoms with E-state index in [0.29, 0.717) is 18.7 Å². The van der Waals surface area contributed by atoms with Crippen LogP contribution in [-0.4, -0.2) is 25.0 Å². The Labute approximate surface area is 126 Å². The second-order valence-electron chi connectivity index (χ2n) is 5.03. The lowest BCUT2D eigenvalue weighted by Crippen LogP contribution is -2.26. The summed E-state index contributed by atoms with van der Waals surface area (Å²) in [4.78, 5) is 23.2. The van der Waals surface area contributed by atoms with Gasteiger partial charge in [-0.2, -0.15) is 0 Å². The van der Waals surface area contributed by atoms with Crippen molar-refractivity contribution in [2.75, 3.05) is 13.2 Å². The zero-order valence-corrected chi connectivity index (χ0v) is 13.0. The second kappa shape index (κ2) is 9.97. The molecule has 0 aliphatic rings. The normalized spacial score (nSPS) is 10.2. The van der Waals surface area contributed by atoms with Crippen molar-refractivity contribution in [2.45, 2.75) is 46.0 Å². The molecule has 4 heteroatoms. The van der Waals surface area contributed by atoms with E-state index < -0.39 is 0 Å². The molecule has 0 aliphatic carbocycles. The van der Waals surface area contributed by atoms with Gasteiger partial charge in [-0.1, -0.05) is 32.4 Å². The average Bonchev–Trinajstić information content (AvgIpc) is 2.51. The van der Waals surface area contributed by atoms with Crippen LogP contribution in [0.4, 0.5) is 0 Å². The van der Waals surface area contributed by atoms with Gasteiger partial charge in [-0.3, -0.25) is 9.59 Å². The van der Waals surface area contributed by atoms with Gasteiger partial charge in [-0.25, -0.2) is 0 Å². The van der Waals surface area contributed by atoms with Crippen LogP contribution in [0.5, 0.6) is 0 Å². The molecule has 0 saturated heterocycles. The van der Waals surface area contributed by atoms with Gasteiger partial charge in [0, 0.05) is 12.1 Å².